The smallest absolute Gasteiger partial charge is 0.341 e. The Hall–Kier alpha value is -2.93. The van der Waals surface area contributed by atoms with Gasteiger partial charge in [0.2, 0.25) is 11.1 Å². The van der Waals surface area contributed by atoms with Gasteiger partial charge in [0, 0.05) is 0 Å². The number of nitrogens with two attached hydrogens (primary N) is 1. The maximum atomic E-state index is 12.8. The van der Waals surface area contributed by atoms with Crippen LogP contribution in [0.25, 0.3) is 22.1 Å². The number of nitrogens with zero attached hydrogens (tertiary/aromatic N) is 1. The van der Waals surface area contributed by atoms with Gasteiger partial charge in [0.15, 0.2) is 0 Å². The fraction of sp³-hybridized carbons (Fsp3) is 0.278. The van der Waals surface area contributed by atoms with E-state index in [0.29, 0.717) is 11.1 Å². The van der Waals surface area contributed by atoms with Crippen molar-refractivity contribution in [3.05, 3.63) is 45.6 Å². The molecule has 0 aliphatic heterocycles. The third kappa shape index (κ3) is 2.94. The number of hydrogen-bond acceptors (Lipinski definition) is 7. The highest BCUT2D eigenvalue weighted by Gasteiger charge is 2.20. The highest BCUT2D eigenvalue weighted by Crippen LogP contribution is 2.26. The minimum absolute atomic E-state index is 0.0136. The molecular formula is C18H18N2O5. The maximum absolute atomic E-state index is 12.8. The topological polar surface area (TPSA) is 116 Å². The summed E-state index contributed by atoms with van der Waals surface area (Å²) >= 11 is 0. The molecule has 3 N–H and O–H groups in total. The quantitative estimate of drug-likeness (QED) is 0.554. The summed E-state index contributed by atoms with van der Waals surface area (Å²) < 4.78 is 10.6. The number of fused-ring (bicyclic) bond motifs is 2. The van der Waals surface area contributed by atoms with Crippen LogP contribution in [0.4, 0.5) is 5.82 Å². The van der Waals surface area contributed by atoms with Crippen LogP contribution < -0.4 is 11.2 Å². The zero-order valence-corrected chi connectivity index (χ0v) is 14.1. The predicted molar refractivity (Wildman–Crippen MR) is 93.4 cm³/mol. The van der Waals surface area contributed by atoms with Gasteiger partial charge in [-0.1, -0.05) is 6.07 Å². The van der Waals surface area contributed by atoms with E-state index in [4.69, 9.17) is 14.9 Å². The number of anilines is 1. The van der Waals surface area contributed by atoms with Crippen molar-refractivity contribution in [1.82, 2.24) is 4.98 Å². The molecule has 0 aliphatic rings. The molecule has 0 spiro atoms. The summed E-state index contributed by atoms with van der Waals surface area (Å²) in [5, 5.41) is 10.6. The van der Waals surface area contributed by atoms with Crippen LogP contribution in [-0.4, -0.2) is 22.7 Å². The molecule has 0 atom stereocenters. The number of rotatable bonds is 3. The van der Waals surface area contributed by atoms with Gasteiger partial charge in [0.1, 0.15) is 17.0 Å². The average molecular weight is 342 g/mol. The molecule has 7 heteroatoms. The molecule has 7 nitrogen and oxygen atoms in total. The van der Waals surface area contributed by atoms with E-state index in [2.05, 4.69) is 4.98 Å². The molecule has 130 valence electrons. The third-order valence-corrected chi connectivity index (χ3v) is 3.89. The Morgan fingerprint density at radius 2 is 2.04 bits per heavy atom. The Morgan fingerprint density at radius 1 is 1.32 bits per heavy atom. The molecule has 0 aliphatic carbocycles. The van der Waals surface area contributed by atoms with Gasteiger partial charge in [-0.05, 0) is 44.5 Å². The van der Waals surface area contributed by atoms with E-state index in [0.717, 1.165) is 0 Å². The Bertz CT molecular complexity index is 1050. The maximum Gasteiger partial charge on any atom is 0.341 e. The number of esters is 1. The van der Waals surface area contributed by atoms with Crippen molar-refractivity contribution in [3.63, 3.8) is 0 Å². The monoisotopic (exact) mass is 342 g/mol. The molecule has 0 fully saturated rings. The number of aromatic nitrogens is 1. The first-order valence-corrected chi connectivity index (χ1v) is 7.79. The number of hydrogen-bond donors (Lipinski definition) is 2. The number of pyridine rings is 1. The van der Waals surface area contributed by atoms with Gasteiger partial charge in [0.25, 0.3) is 0 Å². The Kier molecular flexibility index (Phi) is 3.96. The van der Waals surface area contributed by atoms with E-state index in [1.807, 2.05) is 0 Å². The predicted octanol–water partition coefficient (Wildman–Crippen LogP) is 2.33. The summed E-state index contributed by atoms with van der Waals surface area (Å²) in [6, 6.07) is 6.17. The lowest BCUT2D eigenvalue weighted by Crippen LogP contribution is -2.16. The first-order chi connectivity index (χ1) is 11.7. The molecule has 0 amide bonds. The number of ether oxygens (including phenoxy) is 1. The number of carbonyl (C=O) groups excluding carboxylic acids is 1. The lowest BCUT2D eigenvalue weighted by atomic mass is 9.96. The van der Waals surface area contributed by atoms with Gasteiger partial charge in [0.05, 0.1) is 23.0 Å². The summed E-state index contributed by atoms with van der Waals surface area (Å²) in [6.07, 6.45) is 0. The highest BCUT2D eigenvalue weighted by atomic mass is 16.5. The molecule has 0 saturated heterocycles. The second-order valence-corrected chi connectivity index (χ2v) is 6.20. The second kappa shape index (κ2) is 5.86. The van der Waals surface area contributed by atoms with Crippen molar-refractivity contribution in [2.24, 2.45) is 0 Å². The summed E-state index contributed by atoms with van der Waals surface area (Å²) in [4.78, 5) is 28.8. The SMILES string of the molecule is CCOC(=O)c1cc2c(=O)c3cc(C(C)(C)O)ccc3oc2nc1N. The summed E-state index contributed by atoms with van der Waals surface area (Å²) in [5.74, 6) is -0.722. The normalized spacial score (nSPS) is 11.8. The zero-order chi connectivity index (χ0) is 18.4. The minimum atomic E-state index is -1.11. The van der Waals surface area contributed by atoms with Crippen molar-refractivity contribution < 1.29 is 19.1 Å². The van der Waals surface area contributed by atoms with E-state index in [-0.39, 0.29) is 39.9 Å². The number of benzene rings is 1. The van der Waals surface area contributed by atoms with E-state index < -0.39 is 11.6 Å². The second-order valence-electron chi connectivity index (χ2n) is 6.20. The standard InChI is InChI=1S/C18H18N2O5/c1-4-24-17(22)12-8-11-14(21)10-7-9(18(2,3)23)5-6-13(10)25-16(11)20-15(12)19/h5-8,23H,4H2,1-3H3,(H2,19,20). The molecule has 1 aromatic carbocycles. The lowest BCUT2D eigenvalue weighted by molar-refractivity contribution is 0.0527. The Balaban J connectivity index is 2.32. The Labute approximate surface area is 143 Å². The average Bonchev–Trinajstić information content (AvgIpc) is 2.53. The van der Waals surface area contributed by atoms with Crippen molar-refractivity contribution in [2.45, 2.75) is 26.4 Å². The molecule has 2 heterocycles. The van der Waals surface area contributed by atoms with Gasteiger partial charge in [-0.15, -0.1) is 0 Å². The minimum Gasteiger partial charge on any atom is -0.462 e. The van der Waals surface area contributed by atoms with Gasteiger partial charge in [-0.25, -0.2) is 4.79 Å². The van der Waals surface area contributed by atoms with Gasteiger partial charge < -0.3 is 20.0 Å². The van der Waals surface area contributed by atoms with Crippen molar-refractivity contribution >= 4 is 33.9 Å². The zero-order valence-electron chi connectivity index (χ0n) is 14.1. The first kappa shape index (κ1) is 16.9. The molecule has 2 aromatic heterocycles. The molecule has 0 bridgehead atoms. The fourth-order valence-electron chi connectivity index (χ4n) is 2.55. The van der Waals surface area contributed by atoms with Gasteiger partial charge in [-0.3, -0.25) is 4.79 Å². The fourth-order valence-corrected chi connectivity index (χ4v) is 2.55. The van der Waals surface area contributed by atoms with Crippen LogP contribution in [0, 0.1) is 0 Å². The van der Waals surface area contributed by atoms with Crippen LogP contribution in [0.1, 0.15) is 36.7 Å². The molecule has 0 unspecified atom stereocenters. The van der Waals surface area contributed by atoms with E-state index >= 15 is 0 Å². The van der Waals surface area contributed by atoms with Crippen molar-refractivity contribution in [3.8, 4) is 0 Å². The number of aliphatic hydroxyl groups is 1. The van der Waals surface area contributed by atoms with Crippen LogP contribution in [0.15, 0.2) is 33.5 Å². The first-order valence-electron chi connectivity index (χ1n) is 7.79. The van der Waals surface area contributed by atoms with Crippen LogP contribution in [-0.2, 0) is 10.3 Å². The van der Waals surface area contributed by atoms with Gasteiger partial charge in [-0.2, -0.15) is 4.98 Å². The molecular weight excluding hydrogens is 324 g/mol. The largest absolute Gasteiger partial charge is 0.462 e. The molecule has 25 heavy (non-hydrogen) atoms. The summed E-state index contributed by atoms with van der Waals surface area (Å²) in [7, 11) is 0. The lowest BCUT2D eigenvalue weighted by Gasteiger charge is -2.17. The number of carbonyl (C=O) groups is 1. The Morgan fingerprint density at radius 3 is 2.68 bits per heavy atom. The van der Waals surface area contributed by atoms with E-state index in [9.17, 15) is 14.7 Å². The third-order valence-electron chi connectivity index (χ3n) is 3.89. The molecule has 3 rings (SSSR count). The molecule has 3 aromatic rings. The molecule has 0 radical (unpaired) electrons. The summed E-state index contributed by atoms with van der Waals surface area (Å²) in [5.41, 5.74) is 5.26. The van der Waals surface area contributed by atoms with Crippen molar-refractivity contribution in [1.29, 1.82) is 0 Å². The van der Waals surface area contributed by atoms with Crippen LogP contribution >= 0.6 is 0 Å². The highest BCUT2D eigenvalue weighted by molar-refractivity contribution is 5.99. The van der Waals surface area contributed by atoms with Gasteiger partial charge >= 0.3 is 5.97 Å². The van der Waals surface area contributed by atoms with Crippen LogP contribution in [0.5, 0.6) is 0 Å². The van der Waals surface area contributed by atoms with Crippen molar-refractivity contribution in [2.75, 3.05) is 12.3 Å². The molecule has 0 saturated carbocycles. The van der Waals surface area contributed by atoms with E-state index in [1.165, 1.54) is 6.07 Å². The van der Waals surface area contributed by atoms with Crippen LogP contribution in [0.2, 0.25) is 0 Å². The van der Waals surface area contributed by atoms with Crippen LogP contribution in [0.3, 0.4) is 0 Å². The van der Waals surface area contributed by atoms with E-state index in [1.54, 1.807) is 39.0 Å². The summed E-state index contributed by atoms with van der Waals surface area (Å²) in [6.45, 7) is 5.09. The number of nitrogen functional groups attached to an aromatic ring is 1.